The number of nitrogens with zero attached hydrogens (tertiary/aromatic N) is 2. The number of hydroxylamine groups is 2. The second kappa shape index (κ2) is 13.6. The molecule has 1 atom stereocenters. The molecule has 0 fully saturated rings. The highest BCUT2D eigenvalue weighted by Gasteiger charge is 2.29. The maximum atomic E-state index is 5.80. The largest absolute Gasteiger partial charge is 0.361 e. The standard InChI is InChI=1S/C18H36N2O4/c1-5-21-16-19-15-17(18(19)22-6-2)13-11-9-10-12-14-20(23-7-3)24-8-4/h15,18H,5-14,16H2,1-4H3. The van der Waals surface area contributed by atoms with Crippen LogP contribution in [0, 0.1) is 0 Å². The molecule has 1 rings (SSSR count). The fraction of sp³-hybridized carbons (Fsp3) is 0.889. The van der Waals surface area contributed by atoms with Crippen molar-refractivity contribution in [3.8, 4) is 0 Å². The Morgan fingerprint density at radius 3 is 2.25 bits per heavy atom. The topological polar surface area (TPSA) is 43.4 Å². The van der Waals surface area contributed by atoms with Gasteiger partial charge in [0.25, 0.3) is 0 Å². The first-order valence-electron chi connectivity index (χ1n) is 9.45. The van der Waals surface area contributed by atoms with Crippen molar-refractivity contribution in [2.45, 2.75) is 66.0 Å². The third-order valence-corrected chi connectivity index (χ3v) is 3.82. The zero-order chi connectivity index (χ0) is 17.6. The number of ether oxygens (including phenoxy) is 2. The average Bonchev–Trinajstić information content (AvgIpc) is 2.57. The van der Waals surface area contributed by atoms with Crippen molar-refractivity contribution < 1.29 is 19.1 Å². The fourth-order valence-corrected chi connectivity index (χ4v) is 2.70. The van der Waals surface area contributed by atoms with E-state index in [4.69, 9.17) is 19.1 Å². The monoisotopic (exact) mass is 344 g/mol. The molecule has 0 aromatic heterocycles. The van der Waals surface area contributed by atoms with Gasteiger partial charge in [-0.3, -0.25) is 9.68 Å². The van der Waals surface area contributed by atoms with Gasteiger partial charge in [0.1, 0.15) is 6.73 Å². The quantitative estimate of drug-likeness (QED) is 0.314. The van der Waals surface area contributed by atoms with E-state index in [1.54, 1.807) is 5.23 Å². The van der Waals surface area contributed by atoms with Crippen LogP contribution in [-0.4, -0.2) is 56.1 Å². The normalized spacial score (nSPS) is 17.3. The fourth-order valence-electron chi connectivity index (χ4n) is 2.70. The summed E-state index contributed by atoms with van der Waals surface area (Å²) in [7, 11) is 0. The van der Waals surface area contributed by atoms with Gasteiger partial charge in [0, 0.05) is 19.4 Å². The van der Waals surface area contributed by atoms with Crippen LogP contribution in [0.1, 0.15) is 59.8 Å². The second-order valence-corrected chi connectivity index (χ2v) is 5.70. The van der Waals surface area contributed by atoms with Gasteiger partial charge in [0.2, 0.25) is 0 Å². The molecule has 142 valence electrons. The zero-order valence-corrected chi connectivity index (χ0v) is 16.0. The molecule has 0 aromatic rings. The molecule has 6 nitrogen and oxygen atoms in total. The van der Waals surface area contributed by atoms with Crippen molar-refractivity contribution >= 4 is 0 Å². The van der Waals surface area contributed by atoms with Crippen LogP contribution >= 0.6 is 0 Å². The van der Waals surface area contributed by atoms with Gasteiger partial charge in [-0.25, -0.2) is 0 Å². The minimum absolute atomic E-state index is 0.118. The van der Waals surface area contributed by atoms with Crippen LogP contribution in [0.2, 0.25) is 0 Å². The summed E-state index contributed by atoms with van der Waals surface area (Å²) in [5.74, 6) is 0. The molecule has 0 saturated carbocycles. The molecule has 1 unspecified atom stereocenters. The van der Waals surface area contributed by atoms with Crippen molar-refractivity contribution in [1.82, 2.24) is 10.1 Å². The zero-order valence-electron chi connectivity index (χ0n) is 16.0. The first-order valence-corrected chi connectivity index (χ1v) is 9.45. The van der Waals surface area contributed by atoms with Gasteiger partial charge in [0.05, 0.1) is 19.8 Å². The van der Waals surface area contributed by atoms with E-state index < -0.39 is 0 Å². The lowest BCUT2D eigenvalue weighted by Crippen LogP contribution is -2.44. The highest BCUT2D eigenvalue weighted by Crippen LogP contribution is 2.28. The first kappa shape index (κ1) is 21.4. The Morgan fingerprint density at radius 2 is 1.62 bits per heavy atom. The lowest BCUT2D eigenvalue weighted by atomic mass is 10.0. The van der Waals surface area contributed by atoms with E-state index in [-0.39, 0.29) is 6.23 Å². The molecule has 0 aromatic carbocycles. The van der Waals surface area contributed by atoms with Crippen molar-refractivity contribution in [1.29, 1.82) is 0 Å². The lowest BCUT2D eigenvalue weighted by Gasteiger charge is -2.40. The van der Waals surface area contributed by atoms with Crippen molar-refractivity contribution in [2.75, 3.05) is 39.7 Å². The third-order valence-electron chi connectivity index (χ3n) is 3.82. The van der Waals surface area contributed by atoms with Crippen molar-refractivity contribution in [2.24, 2.45) is 0 Å². The molecule has 0 aliphatic carbocycles. The van der Waals surface area contributed by atoms with Gasteiger partial charge in [-0.15, -0.1) is 0 Å². The van der Waals surface area contributed by atoms with E-state index in [9.17, 15) is 0 Å². The molecule has 0 saturated heterocycles. The second-order valence-electron chi connectivity index (χ2n) is 5.70. The van der Waals surface area contributed by atoms with Gasteiger partial charge in [-0.2, -0.15) is 0 Å². The van der Waals surface area contributed by atoms with Crippen LogP contribution in [0.5, 0.6) is 0 Å². The van der Waals surface area contributed by atoms with E-state index in [1.807, 2.05) is 27.7 Å². The molecule has 0 amide bonds. The van der Waals surface area contributed by atoms with Crippen molar-refractivity contribution in [3.05, 3.63) is 11.8 Å². The molecule has 1 aliphatic rings. The van der Waals surface area contributed by atoms with E-state index >= 15 is 0 Å². The predicted octanol–water partition coefficient (Wildman–Crippen LogP) is 3.70. The van der Waals surface area contributed by atoms with Crippen LogP contribution in [0.15, 0.2) is 11.8 Å². The van der Waals surface area contributed by atoms with Crippen LogP contribution in [-0.2, 0) is 19.1 Å². The summed E-state index contributed by atoms with van der Waals surface area (Å²) in [5, 5.41) is 1.62. The first-order chi connectivity index (χ1) is 11.8. The Kier molecular flexibility index (Phi) is 12.1. The van der Waals surface area contributed by atoms with Gasteiger partial charge in [-0.1, -0.05) is 18.1 Å². The van der Waals surface area contributed by atoms with Crippen LogP contribution in [0.3, 0.4) is 0 Å². The van der Waals surface area contributed by atoms with Gasteiger partial charge in [-0.05, 0) is 52.5 Å². The smallest absolute Gasteiger partial charge is 0.155 e. The Morgan fingerprint density at radius 1 is 0.917 bits per heavy atom. The van der Waals surface area contributed by atoms with Gasteiger partial charge in [0.15, 0.2) is 6.23 Å². The van der Waals surface area contributed by atoms with E-state index in [0.717, 1.165) is 32.6 Å². The van der Waals surface area contributed by atoms with Gasteiger partial charge < -0.3 is 14.4 Å². The molecule has 0 radical (unpaired) electrons. The molecule has 0 N–H and O–H groups in total. The number of unbranched alkanes of at least 4 members (excludes halogenated alkanes) is 3. The molecule has 0 spiro atoms. The lowest BCUT2D eigenvalue weighted by molar-refractivity contribution is -0.364. The molecule has 1 heterocycles. The number of rotatable bonds is 16. The van der Waals surface area contributed by atoms with Crippen LogP contribution in [0.25, 0.3) is 0 Å². The Balaban J connectivity index is 2.13. The molecular weight excluding hydrogens is 308 g/mol. The average molecular weight is 344 g/mol. The molecule has 24 heavy (non-hydrogen) atoms. The van der Waals surface area contributed by atoms with E-state index in [1.165, 1.54) is 24.8 Å². The van der Waals surface area contributed by atoms with Crippen LogP contribution < -0.4 is 0 Å². The predicted molar refractivity (Wildman–Crippen MR) is 94.9 cm³/mol. The summed E-state index contributed by atoms with van der Waals surface area (Å²) >= 11 is 0. The van der Waals surface area contributed by atoms with E-state index in [0.29, 0.717) is 19.9 Å². The Bertz CT molecular complexity index is 333. The van der Waals surface area contributed by atoms with Gasteiger partial charge >= 0.3 is 0 Å². The summed E-state index contributed by atoms with van der Waals surface area (Å²) in [6, 6.07) is 0. The number of hydrogen-bond donors (Lipinski definition) is 0. The van der Waals surface area contributed by atoms with Crippen molar-refractivity contribution in [3.63, 3.8) is 0 Å². The maximum absolute atomic E-state index is 5.80. The summed E-state index contributed by atoms with van der Waals surface area (Å²) in [5.41, 5.74) is 1.39. The summed E-state index contributed by atoms with van der Waals surface area (Å²) in [6.45, 7) is 12.2. The summed E-state index contributed by atoms with van der Waals surface area (Å²) in [6.07, 6.45) is 8.09. The maximum Gasteiger partial charge on any atom is 0.155 e. The van der Waals surface area contributed by atoms with E-state index in [2.05, 4.69) is 11.1 Å². The number of hydrogen-bond acceptors (Lipinski definition) is 6. The van der Waals surface area contributed by atoms with Crippen LogP contribution in [0.4, 0.5) is 0 Å². The summed E-state index contributed by atoms with van der Waals surface area (Å²) in [4.78, 5) is 12.9. The molecule has 6 heteroatoms. The minimum atomic E-state index is 0.118. The molecule has 0 bridgehead atoms. The highest BCUT2D eigenvalue weighted by atomic mass is 16.9. The Labute approximate surface area is 147 Å². The minimum Gasteiger partial charge on any atom is -0.361 e. The highest BCUT2D eigenvalue weighted by molar-refractivity contribution is 5.17. The SMILES string of the molecule is CCOCN1C=C(CCCCCCN(OCC)OCC)C1OCC. The third kappa shape index (κ3) is 7.94. The summed E-state index contributed by atoms with van der Waals surface area (Å²) < 4.78 is 11.3. The molecular formula is C18H36N2O4. The molecule has 1 aliphatic heterocycles. The Hall–Kier alpha value is -0.660.